The van der Waals surface area contributed by atoms with Gasteiger partial charge in [0, 0.05) is 25.3 Å². The summed E-state index contributed by atoms with van der Waals surface area (Å²) in [5, 5.41) is 0.685. The molecule has 3 aliphatic carbocycles. The largest absolute Gasteiger partial charge is 0.458 e. The molecule has 0 saturated heterocycles. The SMILES string of the molecule is CC(C)C(=O)O[C@]1(CCN(C)CCCc2nc3c(Cl)cccc3[nH]2)C[C@@H]2CC[C@H]1C=C2c1ccccc1. The molecule has 5 nitrogen and oxygen atoms in total. The molecule has 3 aliphatic rings. The molecule has 3 atom stereocenters. The van der Waals surface area contributed by atoms with Crippen molar-refractivity contribution in [1.82, 2.24) is 14.9 Å². The summed E-state index contributed by atoms with van der Waals surface area (Å²) in [5.74, 6) is 1.49. The van der Waals surface area contributed by atoms with Gasteiger partial charge in [-0.25, -0.2) is 4.98 Å². The van der Waals surface area contributed by atoms with Crippen molar-refractivity contribution in [1.29, 1.82) is 0 Å². The number of aryl methyl sites for hydroxylation is 1. The van der Waals surface area contributed by atoms with E-state index in [1.165, 1.54) is 17.6 Å². The Morgan fingerprint density at radius 2 is 1.97 bits per heavy atom. The number of hydrogen-bond acceptors (Lipinski definition) is 4. The fraction of sp³-hybridized carbons (Fsp3) is 0.484. The lowest BCUT2D eigenvalue weighted by molar-refractivity contribution is -0.176. The molecule has 1 heterocycles. The van der Waals surface area contributed by atoms with Crippen LogP contribution in [0.15, 0.2) is 54.6 Å². The van der Waals surface area contributed by atoms with E-state index in [-0.39, 0.29) is 17.8 Å². The van der Waals surface area contributed by atoms with Crippen molar-refractivity contribution >= 4 is 34.2 Å². The van der Waals surface area contributed by atoms with E-state index < -0.39 is 5.60 Å². The van der Waals surface area contributed by atoms with E-state index in [0.717, 1.165) is 62.1 Å². The normalized spacial score (nSPS) is 23.1. The predicted molar refractivity (Wildman–Crippen MR) is 150 cm³/mol. The van der Waals surface area contributed by atoms with Crippen LogP contribution in [0, 0.1) is 17.8 Å². The summed E-state index contributed by atoms with van der Waals surface area (Å²) in [6.07, 6.45) is 8.33. The number of nitrogens with one attached hydrogen (secondary N) is 1. The molecule has 1 aromatic heterocycles. The fourth-order valence-electron chi connectivity index (χ4n) is 6.08. The van der Waals surface area contributed by atoms with Crippen LogP contribution in [0.2, 0.25) is 5.02 Å². The number of rotatable bonds is 10. The van der Waals surface area contributed by atoms with Gasteiger partial charge in [0.2, 0.25) is 0 Å². The van der Waals surface area contributed by atoms with Crippen molar-refractivity contribution in [2.24, 2.45) is 17.8 Å². The molecule has 0 spiro atoms. The van der Waals surface area contributed by atoms with Gasteiger partial charge in [-0.2, -0.15) is 0 Å². The molecule has 2 aromatic carbocycles. The van der Waals surface area contributed by atoms with Crippen molar-refractivity contribution in [3.05, 3.63) is 71.0 Å². The number of halogens is 1. The number of carbonyl (C=O) groups is 1. The summed E-state index contributed by atoms with van der Waals surface area (Å²) in [5.41, 5.74) is 4.17. The van der Waals surface area contributed by atoms with Gasteiger partial charge in [-0.05, 0) is 68.5 Å². The maximum absolute atomic E-state index is 12.8. The molecule has 1 saturated carbocycles. The third-order valence-electron chi connectivity index (χ3n) is 8.18. The molecule has 6 rings (SSSR count). The van der Waals surface area contributed by atoms with E-state index in [9.17, 15) is 4.79 Å². The predicted octanol–water partition coefficient (Wildman–Crippen LogP) is 6.92. The van der Waals surface area contributed by atoms with Gasteiger partial charge < -0.3 is 14.6 Å². The fourth-order valence-corrected chi connectivity index (χ4v) is 6.30. The second kappa shape index (κ2) is 11.0. The maximum Gasteiger partial charge on any atom is 0.308 e. The molecular formula is C31H38ClN3O2. The van der Waals surface area contributed by atoms with Crippen molar-refractivity contribution in [3.63, 3.8) is 0 Å². The number of carbonyl (C=O) groups excluding carboxylic acids is 1. The number of ether oxygens (including phenoxy) is 1. The summed E-state index contributed by atoms with van der Waals surface area (Å²) in [6.45, 7) is 5.71. The van der Waals surface area contributed by atoms with Crippen LogP contribution in [0.4, 0.5) is 0 Å². The van der Waals surface area contributed by atoms with E-state index in [0.29, 0.717) is 10.9 Å². The number of nitrogens with zero attached hydrogens (tertiary/aromatic N) is 2. The number of fused-ring (bicyclic) bond motifs is 3. The molecular weight excluding hydrogens is 482 g/mol. The van der Waals surface area contributed by atoms with Gasteiger partial charge in [0.1, 0.15) is 16.9 Å². The zero-order valence-electron chi connectivity index (χ0n) is 22.2. The monoisotopic (exact) mass is 519 g/mol. The van der Waals surface area contributed by atoms with Gasteiger partial charge in [-0.15, -0.1) is 0 Å². The lowest BCUT2D eigenvalue weighted by Gasteiger charge is -2.50. The van der Waals surface area contributed by atoms with Crippen LogP contribution < -0.4 is 0 Å². The second-order valence-corrected chi connectivity index (χ2v) is 11.6. The summed E-state index contributed by atoms with van der Waals surface area (Å²) in [7, 11) is 2.17. The molecule has 196 valence electrons. The highest BCUT2D eigenvalue weighted by Gasteiger charge is 2.50. The molecule has 0 radical (unpaired) electrons. The third-order valence-corrected chi connectivity index (χ3v) is 8.48. The van der Waals surface area contributed by atoms with Gasteiger partial charge in [-0.3, -0.25) is 4.79 Å². The topological polar surface area (TPSA) is 58.2 Å². The number of imidazole rings is 1. The van der Waals surface area contributed by atoms with E-state index in [2.05, 4.69) is 58.3 Å². The van der Waals surface area contributed by atoms with Gasteiger partial charge >= 0.3 is 5.97 Å². The molecule has 0 aliphatic heterocycles. The number of esters is 1. The zero-order valence-corrected chi connectivity index (χ0v) is 22.9. The molecule has 0 amide bonds. The molecule has 1 fully saturated rings. The van der Waals surface area contributed by atoms with E-state index >= 15 is 0 Å². The zero-order chi connectivity index (χ0) is 26.0. The standard InChI is InChI=1S/C31H38ClN3O2/c1-21(2)30(36)37-31(20-23-14-15-24(31)19-25(23)22-9-5-4-6-10-22)16-18-35(3)17-8-13-28-33-27-12-7-11-26(32)29(27)34-28/h4-7,9-12,19,21,23-24H,8,13-18,20H2,1-3H3,(H,33,34)/t23-,24-,31+/m0/s1. The molecule has 1 N–H and O–H groups in total. The van der Waals surface area contributed by atoms with Crippen LogP contribution in [-0.4, -0.2) is 46.6 Å². The quantitative estimate of drug-likeness (QED) is 0.295. The van der Waals surface area contributed by atoms with Gasteiger partial charge in [0.05, 0.1) is 16.5 Å². The van der Waals surface area contributed by atoms with Crippen molar-refractivity contribution in [2.75, 3.05) is 20.1 Å². The number of aromatic nitrogens is 2. The van der Waals surface area contributed by atoms with Gasteiger partial charge in [-0.1, -0.05) is 67.9 Å². The number of aromatic amines is 1. The van der Waals surface area contributed by atoms with E-state index in [1.54, 1.807) is 0 Å². The average molecular weight is 520 g/mol. The highest BCUT2D eigenvalue weighted by Crippen LogP contribution is 2.53. The van der Waals surface area contributed by atoms with Crippen LogP contribution in [0.5, 0.6) is 0 Å². The Bertz CT molecular complexity index is 1270. The maximum atomic E-state index is 12.8. The first-order valence-electron chi connectivity index (χ1n) is 13.7. The molecule has 37 heavy (non-hydrogen) atoms. The summed E-state index contributed by atoms with van der Waals surface area (Å²) in [6, 6.07) is 16.5. The number of allylic oxidation sites excluding steroid dienone is 1. The van der Waals surface area contributed by atoms with Crippen LogP contribution in [-0.2, 0) is 16.0 Å². The lowest BCUT2D eigenvalue weighted by Crippen LogP contribution is -2.51. The number of hydrogen-bond donors (Lipinski definition) is 1. The lowest BCUT2D eigenvalue weighted by atomic mass is 9.60. The number of benzene rings is 2. The third kappa shape index (κ3) is 5.63. The van der Waals surface area contributed by atoms with Crippen LogP contribution in [0.25, 0.3) is 16.6 Å². The van der Waals surface area contributed by atoms with Gasteiger partial charge in [0.25, 0.3) is 0 Å². The first-order valence-corrected chi connectivity index (χ1v) is 14.0. The number of H-pyrrole nitrogens is 1. The van der Waals surface area contributed by atoms with Gasteiger partial charge in [0.15, 0.2) is 0 Å². The van der Waals surface area contributed by atoms with Crippen molar-refractivity contribution < 1.29 is 9.53 Å². The molecule has 2 bridgehead atoms. The first-order chi connectivity index (χ1) is 17.8. The Balaban J connectivity index is 1.23. The minimum Gasteiger partial charge on any atom is -0.458 e. The average Bonchev–Trinajstić information content (AvgIpc) is 3.33. The number of para-hydroxylation sites is 1. The minimum atomic E-state index is -0.410. The summed E-state index contributed by atoms with van der Waals surface area (Å²) >= 11 is 6.28. The Hall–Kier alpha value is -2.63. The molecule has 6 heteroatoms. The molecule has 3 aromatic rings. The van der Waals surface area contributed by atoms with Crippen LogP contribution >= 0.6 is 11.6 Å². The van der Waals surface area contributed by atoms with Crippen LogP contribution in [0.3, 0.4) is 0 Å². The molecule has 0 unspecified atom stereocenters. The minimum absolute atomic E-state index is 0.0755. The summed E-state index contributed by atoms with van der Waals surface area (Å²) in [4.78, 5) is 23.3. The van der Waals surface area contributed by atoms with E-state index in [4.69, 9.17) is 16.3 Å². The van der Waals surface area contributed by atoms with Crippen LogP contribution in [0.1, 0.15) is 57.3 Å². The summed E-state index contributed by atoms with van der Waals surface area (Å²) < 4.78 is 6.39. The van der Waals surface area contributed by atoms with E-state index in [1.807, 2.05) is 32.0 Å². The smallest absolute Gasteiger partial charge is 0.308 e. The Kier molecular flexibility index (Phi) is 7.73. The Labute approximate surface area is 225 Å². The Morgan fingerprint density at radius 3 is 2.68 bits per heavy atom. The Morgan fingerprint density at radius 1 is 1.16 bits per heavy atom. The first kappa shape index (κ1) is 26.0. The van der Waals surface area contributed by atoms with Crippen molar-refractivity contribution in [3.8, 4) is 0 Å². The second-order valence-electron chi connectivity index (χ2n) is 11.2. The highest BCUT2D eigenvalue weighted by molar-refractivity contribution is 6.34. The van der Waals surface area contributed by atoms with Crippen molar-refractivity contribution in [2.45, 2.75) is 58.0 Å². The highest BCUT2D eigenvalue weighted by atomic mass is 35.5.